The molecule has 0 radical (unpaired) electrons. The molecule has 0 bridgehead atoms. The normalized spacial score (nSPS) is 10.6. The predicted molar refractivity (Wildman–Crippen MR) is 72.2 cm³/mol. The molecule has 6 heteroatoms. The van der Waals surface area contributed by atoms with E-state index < -0.39 is 0 Å². The summed E-state index contributed by atoms with van der Waals surface area (Å²) in [4.78, 5) is 12.0. The molecule has 0 saturated heterocycles. The molecule has 2 aromatic rings. The molecule has 0 fully saturated rings. The van der Waals surface area contributed by atoms with Gasteiger partial charge in [0.2, 0.25) is 0 Å². The number of aryl methyl sites for hydroxylation is 2. The second kappa shape index (κ2) is 5.30. The molecule has 0 saturated carbocycles. The maximum absolute atomic E-state index is 12.0. The third-order valence-electron chi connectivity index (χ3n) is 2.64. The summed E-state index contributed by atoms with van der Waals surface area (Å²) >= 11 is 3.22. The van der Waals surface area contributed by atoms with Gasteiger partial charge < -0.3 is 5.73 Å². The van der Waals surface area contributed by atoms with Gasteiger partial charge in [-0.25, -0.2) is 4.68 Å². The summed E-state index contributed by atoms with van der Waals surface area (Å²) in [6.45, 7) is 0. The number of aromatic nitrogens is 3. The van der Waals surface area contributed by atoms with Crippen molar-refractivity contribution in [2.75, 3.05) is 5.73 Å². The lowest BCUT2D eigenvalue weighted by molar-refractivity contribution is 0.0973. The van der Waals surface area contributed by atoms with Crippen LogP contribution >= 0.6 is 15.9 Å². The molecule has 18 heavy (non-hydrogen) atoms. The van der Waals surface area contributed by atoms with E-state index in [2.05, 4.69) is 26.2 Å². The average Bonchev–Trinajstić information content (AvgIpc) is 2.66. The Balaban J connectivity index is 2.05. The lowest BCUT2D eigenvalue weighted by Gasteiger charge is -2.03. The van der Waals surface area contributed by atoms with Crippen LogP contribution in [0.2, 0.25) is 0 Å². The molecule has 0 amide bonds. The highest BCUT2D eigenvalue weighted by Gasteiger charge is 2.16. The zero-order chi connectivity index (χ0) is 13.1. The number of nitrogens with two attached hydrogens (primary N) is 1. The van der Waals surface area contributed by atoms with E-state index in [1.54, 1.807) is 7.05 Å². The van der Waals surface area contributed by atoms with Crippen LogP contribution in [0.5, 0.6) is 0 Å². The van der Waals surface area contributed by atoms with E-state index in [-0.39, 0.29) is 5.78 Å². The first-order valence-corrected chi connectivity index (χ1v) is 6.30. The van der Waals surface area contributed by atoms with Crippen LogP contribution in [0, 0.1) is 0 Å². The van der Waals surface area contributed by atoms with Crippen LogP contribution < -0.4 is 5.73 Å². The van der Waals surface area contributed by atoms with Gasteiger partial charge in [-0.2, -0.15) is 0 Å². The highest BCUT2D eigenvalue weighted by Crippen LogP contribution is 2.16. The summed E-state index contributed by atoms with van der Waals surface area (Å²) in [6.07, 6.45) is 1.06. The van der Waals surface area contributed by atoms with Crippen LogP contribution in [0.3, 0.4) is 0 Å². The van der Waals surface area contributed by atoms with Crippen LogP contribution in [0.1, 0.15) is 22.5 Å². The maximum Gasteiger partial charge on any atom is 0.184 e. The Labute approximate surface area is 113 Å². The van der Waals surface area contributed by atoms with Crippen LogP contribution in [-0.2, 0) is 13.5 Å². The van der Waals surface area contributed by atoms with Crippen molar-refractivity contribution in [3.63, 3.8) is 0 Å². The largest absolute Gasteiger partial charge is 0.399 e. The van der Waals surface area contributed by atoms with Crippen molar-refractivity contribution < 1.29 is 4.79 Å². The Kier molecular flexibility index (Phi) is 3.76. The first kappa shape index (κ1) is 12.8. The number of carbonyl (C=O) groups is 1. The van der Waals surface area contributed by atoms with Gasteiger partial charge in [0.05, 0.1) is 0 Å². The number of ketones is 1. The van der Waals surface area contributed by atoms with Crippen molar-refractivity contribution in [2.45, 2.75) is 12.8 Å². The second-order valence-electron chi connectivity index (χ2n) is 4.02. The van der Waals surface area contributed by atoms with Gasteiger partial charge in [-0.15, -0.1) is 5.10 Å². The molecule has 1 aromatic heterocycles. The fourth-order valence-electron chi connectivity index (χ4n) is 1.75. The minimum Gasteiger partial charge on any atom is -0.399 e. The molecule has 2 rings (SSSR count). The molecule has 94 valence electrons. The molecule has 0 atom stereocenters. The zero-order valence-electron chi connectivity index (χ0n) is 9.93. The first-order chi connectivity index (χ1) is 8.58. The summed E-state index contributed by atoms with van der Waals surface area (Å²) < 4.78 is 1.97. The van der Waals surface area contributed by atoms with E-state index in [1.807, 2.05) is 24.3 Å². The summed E-state index contributed by atoms with van der Waals surface area (Å²) in [5, 5.41) is 7.58. The lowest BCUT2D eigenvalue weighted by Crippen LogP contribution is -2.08. The van der Waals surface area contributed by atoms with E-state index in [0.717, 1.165) is 5.56 Å². The number of nitrogen functional groups attached to an aromatic ring is 1. The Morgan fingerprint density at radius 3 is 2.89 bits per heavy atom. The van der Waals surface area contributed by atoms with Crippen LogP contribution in [0.4, 0.5) is 5.69 Å². The zero-order valence-corrected chi connectivity index (χ0v) is 11.5. The summed E-state index contributed by atoms with van der Waals surface area (Å²) in [5.74, 6) is 0.0109. The van der Waals surface area contributed by atoms with E-state index in [9.17, 15) is 4.79 Å². The number of rotatable bonds is 4. The van der Waals surface area contributed by atoms with Gasteiger partial charge >= 0.3 is 0 Å². The van der Waals surface area contributed by atoms with Crippen molar-refractivity contribution in [3.05, 3.63) is 40.1 Å². The average molecular weight is 309 g/mol. The van der Waals surface area contributed by atoms with Gasteiger partial charge in [0.1, 0.15) is 5.69 Å². The van der Waals surface area contributed by atoms with Crippen molar-refractivity contribution in [2.24, 2.45) is 7.05 Å². The number of hydrogen-bond acceptors (Lipinski definition) is 4. The number of hydrogen-bond donors (Lipinski definition) is 1. The van der Waals surface area contributed by atoms with Gasteiger partial charge in [-0.1, -0.05) is 17.3 Å². The van der Waals surface area contributed by atoms with E-state index in [1.165, 1.54) is 4.68 Å². The van der Waals surface area contributed by atoms with E-state index >= 15 is 0 Å². The third-order valence-corrected chi connectivity index (χ3v) is 3.18. The fourth-order valence-corrected chi connectivity index (χ4v) is 2.30. The number of benzene rings is 1. The van der Waals surface area contributed by atoms with Crippen LogP contribution in [0.15, 0.2) is 28.9 Å². The Bertz CT molecular complexity index is 560. The molecule has 0 unspecified atom stereocenters. The number of halogens is 1. The van der Waals surface area contributed by atoms with Crippen LogP contribution in [-0.4, -0.2) is 20.8 Å². The standard InChI is InChI=1S/C12H13BrN4O/c1-17-11(12(13)15-16-17)10(18)6-5-8-3-2-4-9(14)7-8/h2-4,7H,5-6,14H2,1H3. The SMILES string of the molecule is Cn1nnc(Br)c1C(=O)CCc1cccc(N)c1. The molecule has 5 nitrogen and oxygen atoms in total. The second-order valence-corrected chi connectivity index (χ2v) is 4.77. The number of nitrogens with zero attached hydrogens (tertiary/aromatic N) is 3. The van der Waals surface area contributed by atoms with Gasteiger partial charge in [0.15, 0.2) is 10.4 Å². The molecule has 0 aliphatic carbocycles. The minimum atomic E-state index is 0.0109. The predicted octanol–water partition coefficient (Wildman–Crippen LogP) is 1.98. The number of anilines is 1. The highest BCUT2D eigenvalue weighted by atomic mass is 79.9. The van der Waals surface area contributed by atoms with E-state index in [0.29, 0.717) is 28.8 Å². The van der Waals surface area contributed by atoms with Crippen molar-refractivity contribution in [1.29, 1.82) is 0 Å². The molecule has 0 aliphatic rings. The quantitative estimate of drug-likeness (QED) is 0.692. The molecule has 2 N–H and O–H groups in total. The van der Waals surface area contributed by atoms with Gasteiger partial charge in [-0.3, -0.25) is 4.79 Å². The van der Waals surface area contributed by atoms with Crippen LogP contribution in [0.25, 0.3) is 0 Å². The Morgan fingerprint density at radius 2 is 2.28 bits per heavy atom. The summed E-state index contributed by atoms with van der Waals surface area (Å²) in [5.41, 5.74) is 7.95. The number of carbonyl (C=O) groups excluding carboxylic acids is 1. The van der Waals surface area contributed by atoms with Crippen molar-refractivity contribution >= 4 is 27.4 Å². The maximum atomic E-state index is 12.0. The Hall–Kier alpha value is -1.69. The van der Waals surface area contributed by atoms with Gasteiger partial charge in [0.25, 0.3) is 0 Å². The van der Waals surface area contributed by atoms with Crippen molar-refractivity contribution in [1.82, 2.24) is 15.0 Å². The molecule has 0 spiro atoms. The fraction of sp³-hybridized carbons (Fsp3) is 0.250. The molecule has 1 aromatic carbocycles. The first-order valence-electron chi connectivity index (χ1n) is 5.50. The molecular weight excluding hydrogens is 296 g/mol. The van der Waals surface area contributed by atoms with Gasteiger partial charge in [-0.05, 0) is 40.0 Å². The lowest BCUT2D eigenvalue weighted by atomic mass is 10.1. The summed E-state index contributed by atoms with van der Waals surface area (Å²) in [6, 6.07) is 7.55. The monoisotopic (exact) mass is 308 g/mol. The van der Waals surface area contributed by atoms with Crippen molar-refractivity contribution in [3.8, 4) is 0 Å². The smallest absolute Gasteiger partial charge is 0.184 e. The minimum absolute atomic E-state index is 0.0109. The third kappa shape index (κ3) is 2.76. The molecular formula is C12H13BrN4O. The topological polar surface area (TPSA) is 73.8 Å². The Morgan fingerprint density at radius 1 is 1.50 bits per heavy atom. The van der Waals surface area contributed by atoms with Gasteiger partial charge in [0, 0.05) is 19.2 Å². The number of Topliss-reactive ketones (excluding diaryl/α,β-unsaturated/α-hetero) is 1. The van der Waals surface area contributed by atoms with E-state index in [4.69, 9.17) is 5.73 Å². The molecule has 1 heterocycles. The summed E-state index contributed by atoms with van der Waals surface area (Å²) in [7, 11) is 1.70. The molecule has 0 aliphatic heterocycles. The highest BCUT2D eigenvalue weighted by molar-refractivity contribution is 9.10.